The fraction of sp³-hybridized carbons (Fsp3) is 0.480. The molecule has 2 aromatic rings. The zero-order chi connectivity index (χ0) is 24.1. The highest BCUT2D eigenvalue weighted by molar-refractivity contribution is 5.76. The van der Waals surface area contributed by atoms with Crippen LogP contribution in [0, 0.1) is 0 Å². The van der Waals surface area contributed by atoms with Crippen molar-refractivity contribution in [3.05, 3.63) is 59.7 Å². The Balaban J connectivity index is 2.08. The minimum absolute atomic E-state index is 0.0178. The summed E-state index contributed by atoms with van der Waals surface area (Å²) < 4.78 is 27.0. The van der Waals surface area contributed by atoms with Crippen molar-refractivity contribution in [2.24, 2.45) is 0 Å². The lowest BCUT2D eigenvalue weighted by atomic mass is 10.1. The van der Waals surface area contributed by atoms with Gasteiger partial charge in [0.1, 0.15) is 11.5 Å². The lowest BCUT2D eigenvalue weighted by Crippen LogP contribution is -2.40. The van der Waals surface area contributed by atoms with Gasteiger partial charge in [0, 0.05) is 38.9 Å². The van der Waals surface area contributed by atoms with Crippen LogP contribution in [-0.2, 0) is 32.2 Å². The normalized spacial score (nSPS) is 11.9. The third kappa shape index (κ3) is 9.01. The Morgan fingerprint density at radius 1 is 1.06 bits per heavy atom. The molecule has 0 radical (unpaired) electrons. The third-order valence-corrected chi connectivity index (χ3v) is 5.00. The molecule has 0 aliphatic carbocycles. The number of ether oxygens (including phenoxy) is 5. The van der Waals surface area contributed by atoms with Crippen LogP contribution in [0.15, 0.2) is 48.5 Å². The van der Waals surface area contributed by atoms with Crippen molar-refractivity contribution in [1.82, 2.24) is 4.90 Å². The van der Waals surface area contributed by atoms with Gasteiger partial charge in [0.05, 0.1) is 39.5 Å². The summed E-state index contributed by atoms with van der Waals surface area (Å²) in [5.41, 5.74) is 1.80. The Labute approximate surface area is 196 Å². The third-order valence-electron chi connectivity index (χ3n) is 5.00. The Kier molecular flexibility index (Phi) is 11.7. The van der Waals surface area contributed by atoms with Gasteiger partial charge >= 0.3 is 0 Å². The summed E-state index contributed by atoms with van der Waals surface area (Å²) in [5, 5.41) is 10.6. The van der Waals surface area contributed by atoms with Gasteiger partial charge < -0.3 is 33.7 Å². The van der Waals surface area contributed by atoms with Crippen molar-refractivity contribution in [2.45, 2.75) is 38.9 Å². The van der Waals surface area contributed by atoms with E-state index >= 15 is 0 Å². The van der Waals surface area contributed by atoms with Crippen LogP contribution in [0.2, 0.25) is 0 Å². The minimum atomic E-state index is -0.866. The van der Waals surface area contributed by atoms with E-state index in [9.17, 15) is 9.90 Å². The Hall–Kier alpha value is -2.65. The fourth-order valence-corrected chi connectivity index (χ4v) is 3.30. The predicted molar refractivity (Wildman–Crippen MR) is 124 cm³/mol. The number of carbonyl (C=O) groups is 1. The molecule has 2 rings (SSSR count). The molecular weight excluding hydrogens is 426 g/mol. The number of methoxy groups -OCH3 is 3. The van der Waals surface area contributed by atoms with Crippen molar-refractivity contribution in [3.63, 3.8) is 0 Å². The number of hydrogen-bond donors (Lipinski definition) is 1. The van der Waals surface area contributed by atoms with E-state index in [1.54, 1.807) is 18.1 Å². The molecule has 8 heteroatoms. The average molecular weight is 462 g/mol. The highest BCUT2D eigenvalue weighted by atomic mass is 16.7. The Morgan fingerprint density at radius 3 is 2.42 bits per heavy atom. The number of aliphatic hydroxyl groups excluding tert-OH is 1. The summed E-state index contributed by atoms with van der Waals surface area (Å²) in [6.45, 7) is 3.25. The maximum absolute atomic E-state index is 13.0. The summed E-state index contributed by atoms with van der Waals surface area (Å²) in [6.07, 6.45) is -1.52. The summed E-state index contributed by atoms with van der Waals surface area (Å²) >= 11 is 0. The van der Waals surface area contributed by atoms with Crippen LogP contribution in [-0.4, -0.2) is 69.4 Å². The molecule has 8 nitrogen and oxygen atoms in total. The van der Waals surface area contributed by atoms with Crippen molar-refractivity contribution >= 4 is 5.91 Å². The molecule has 0 saturated carbocycles. The van der Waals surface area contributed by atoms with Gasteiger partial charge in [0.25, 0.3) is 0 Å². The van der Waals surface area contributed by atoms with Gasteiger partial charge in [-0.1, -0.05) is 30.3 Å². The molecule has 0 saturated heterocycles. The van der Waals surface area contributed by atoms with Crippen LogP contribution in [0.4, 0.5) is 0 Å². The lowest BCUT2D eigenvalue weighted by molar-refractivity contribution is -0.150. The zero-order valence-electron chi connectivity index (χ0n) is 19.9. The molecule has 33 heavy (non-hydrogen) atoms. The summed E-state index contributed by atoms with van der Waals surface area (Å²) in [7, 11) is 4.53. The molecule has 0 aromatic heterocycles. The molecule has 0 heterocycles. The van der Waals surface area contributed by atoms with Crippen LogP contribution in [0.25, 0.3) is 0 Å². The van der Waals surface area contributed by atoms with E-state index in [-0.39, 0.29) is 32.0 Å². The number of aliphatic hydroxyl groups is 1. The summed E-state index contributed by atoms with van der Waals surface area (Å²) in [5.74, 6) is 1.06. The largest absolute Gasteiger partial charge is 0.496 e. The van der Waals surface area contributed by atoms with Crippen molar-refractivity contribution < 1.29 is 33.6 Å². The van der Waals surface area contributed by atoms with E-state index in [1.807, 2.05) is 49.4 Å². The maximum atomic E-state index is 13.0. The molecule has 1 amide bonds. The first-order valence-corrected chi connectivity index (χ1v) is 10.9. The van der Waals surface area contributed by atoms with Gasteiger partial charge in [0.2, 0.25) is 5.91 Å². The van der Waals surface area contributed by atoms with E-state index in [4.69, 9.17) is 23.7 Å². The first-order valence-electron chi connectivity index (χ1n) is 10.9. The maximum Gasteiger partial charge on any atom is 0.228 e. The smallest absolute Gasteiger partial charge is 0.228 e. The van der Waals surface area contributed by atoms with Gasteiger partial charge in [-0.25, -0.2) is 0 Å². The van der Waals surface area contributed by atoms with Crippen LogP contribution in [0.3, 0.4) is 0 Å². The quantitative estimate of drug-likeness (QED) is 0.408. The monoisotopic (exact) mass is 461 g/mol. The first-order chi connectivity index (χ1) is 16.0. The summed E-state index contributed by atoms with van der Waals surface area (Å²) in [6, 6.07) is 15.2. The Morgan fingerprint density at radius 2 is 1.79 bits per heavy atom. The number of benzene rings is 2. The number of amides is 1. The second-order valence-corrected chi connectivity index (χ2v) is 7.44. The SMILES string of the molecule is CCOc1ccc(CN(C[C@H](O)COCc2ccccc2)C(=O)CC(OC)OC)c(OC)c1. The molecule has 1 N–H and O–H groups in total. The van der Waals surface area contributed by atoms with E-state index in [0.29, 0.717) is 24.7 Å². The van der Waals surface area contributed by atoms with Gasteiger partial charge in [-0.05, 0) is 24.6 Å². The lowest BCUT2D eigenvalue weighted by Gasteiger charge is -2.27. The molecule has 0 aliphatic heterocycles. The first kappa shape index (κ1) is 26.6. The number of nitrogens with zero attached hydrogens (tertiary/aromatic N) is 1. The second-order valence-electron chi connectivity index (χ2n) is 7.44. The minimum Gasteiger partial charge on any atom is -0.496 e. The highest BCUT2D eigenvalue weighted by Crippen LogP contribution is 2.26. The molecular formula is C25H35NO7. The Bertz CT molecular complexity index is 827. The van der Waals surface area contributed by atoms with Gasteiger partial charge in [0.15, 0.2) is 6.29 Å². The topological polar surface area (TPSA) is 86.7 Å². The fourth-order valence-electron chi connectivity index (χ4n) is 3.30. The average Bonchev–Trinajstić information content (AvgIpc) is 2.83. The zero-order valence-corrected chi connectivity index (χ0v) is 19.9. The predicted octanol–water partition coefficient (Wildman–Crippen LogP) is 3.01. The molecule has 1 atom stereocenters. The molecule has 0 aliphatic rings. The van der Waals surface area contributed by atoms with Gasteiger partial charge in [-0.15, -0.1) is 0 Å². The molecule has 2 aromatic carbocycles. The molecule has 182 valence electrons. The van der Waals surface area contributed by atoms with E-state index in [2.05, 4.69) is 0 Å². The molecule has 0 spiro atoms. The van der Waals surface area contributed by atoms with Crippen LogP contribution in [0.1, 0.15) is 24.5 Å². The van der Waals surface area contributed by atoms with Crippen LogP contribution >= 0.6 is 0 Å². The van der Waals surface area contributed by atoms with Crippen LogP contribution in [0.5, 0.6) is 11.5 Å². The molecule has 0 fully saturated rings. The number of carbonyl (C=O) groups excluding carboxylic acids is 1. The number of rotatable bonds is 15. The van der Waals surface area contributed by atoms with Crippen LogP contribution < -0.4 is 9.47 Å². The van der Waals surface area contributed by atoms with Gasteiger partial charge in [-0.2, -0.15) is 0 Å². The second kappa shape index (κ2) is 14.5. The number of hydrogen-bond acceptors (Lipinski definition) is 7. The van der Waals surface area contributed by atoms with E-state index < -0.39 is 12.4 Å². The highest BCUT2D eigenvalue weighted by Gasteiger charge is 2.23. The molecule has 0 bridgehead atoms. The van der Waals surface area contributed by atoms with Gasteiger partial charge in [-0.3, -0.25) is 4.79 Å². The van der Waals surface area contributed by atoms with E-state index in [1.165, 1.54) is 14.2 Å². The standard InChI is InChI=1S/C25H35NO7/c1-5-33-22-12-11-20(23(13-22)29-2)15-26(24(28)14-25(30-3)31-4)16-21(27)18-32-17-19-9-7-6-8-10-19/h6-13,21,25,27H,5,14-18H2,1-4H3/t21-/m0/s1. The molecule has 0 unspecified atom stereocenters. The van der Waals surface area contributed by atoms with Crippen molar-refractivity contribution in [1.29, 1.82) is 0 Å². The van der Waals surface area contributed by atoms with Crippen molar-refractivity contribution in [3.8, 4) is 11.5 Å². The van der Waals surface area contributed by atoms with E-state index in [0.717, 1.165) is 11.1 Å². The summed E-state index contributed by atoms with van der Waals surface area (Å²) in [4.78, 5) is 14.6. The van der Waals surface area contributed by atoms with Crippen molar-refractivity contribution in [2.75, 3.05) is 41.1 Å².